The maximum absolute atomic E-state index is 13.3. The molecule has 3 aliphatic heterocycles. The minimum Gasteiger partial charge on any atom is -0.292 e. The molecule has 2 aromatic carbocycles. The Morgan fingerprint density at radius 2 is 1.62 bits per heavy atom. The molecule has 6 nitrogen and oxygen atoms in total. The summed E-state index contributed by atoms with van der Waals surface area (Å²) < 4.78 is 13.3. The molecular formula is C22H16FN3O3. The van der Waals surface area contributed by atoms with Crippen LogP contribution in [0.4, 0.5) is 10.1 Å². The van der Waals surface area contributed by atoms with Crippen molar-refractivity contribution in [2.24, 2.45) is 16.9 Å². The number of anilines is 1. The number of fused-ring (bicyclic) bond motifs is 3. The number of hydrazone groups is 1. The van der Waals surface area contributed by atoms with Crippen LogP contribution in [0.15, 0.2) is 71.9 Å². The summed E-state index contributed by atoms with van der Waals surface area (Å²) in [4.78, 5) is 40.9. The first-order chi connectivity index (χ1) is 14.1. The second kappa shape index (κ2) is 6.48. The van der Waals surface area contributed by atoms with Gasteiger partial charge in [0.25, 0.3) is 0 Å². The van der Waals surface area contributed by atoms with Crippen LogP contribution < -0.4 is 4.90 Å². The topological polar surface area (TPSA) is 70.0 Å². The number of amides is 2. The average Bonchev–Trinajstić information content (AvgIpc) is 3.22. The highest BCUT2D eigenvalue weighted by atomic mass is 19.1. The average molecular weight is 389 g/mol. The lowest BCUT2D eigenvalue weighted by atomic mass is 9.86. The van der Waals surface area contributed by atoms with E-state index in [1.807, 2.05) is 0 Å². The van der Waals surface area contributed by atoms with Crippen LogP contribution in [0, 0.1) is 17.7 Å². The van der Waals surface area contributed by atoms with Crippen LogP contribution in [0.1, 0.15) is 10.4 Å². The molecule has 0 radical (unpaired) electrons. The Morgan fingerprint density at radius 3 is 2.34 bits per heavy atom. The zero-order valence-electron chi connectivity index (χ0n) is 15.2. The number of hydrogen-bond donors (Lipinski definition) is 0. The van der Waals surface area contributed by atoms with Gasteiger partial charge in [0, 0.05) is 11.8 Å². The van der Waals surface area contributed by atoms with Crippen molar-refractivity contribution < 1.29 is 18.8 Å². The molecule has 0 saturated carbocycles. The highest BCUT2D eigenvalue weighted by Gasteiger charge is 2.64. The van der Waals surface area contributed by atoms with Crippen molar-refractivity contribution in [1.29, 1.82) is 0 Å². The summed E-state index contributed by atoms with van der Waals surface area (Å²) >= 11 is 0. The van der Waals surface area contributed by atoms with Gasteiger partial charge in [-0.2, -0.15) is 5.10 Å². The van der Waals surface area contributed by atoms with Gasteiger partial charge < -0.3 is 0 Å². The highest BCUT2D eigenvalue weighted by molar-refractivity contribution is 6.24. The Kier molecular flexibility index (Phi) is 3.91. The summed E-state index contributed by atoms with van der Waals surface area (Å²) in [6, 6.07) is 12.5. The van der Waals surface area contributed by atoms with E-state index in [1.165, 1.54) is 24.3 Å². The van der Waals surface area contributed by atoms with Gasteiger partial charge in [-0.1, -0.05) is 36.4 Å². The first-order valence-electron chi connectivity index (χ1n) is 9.29. The monoisotopic (exact) mass is 389 g/mol. The van der Waals surface area contributed by atoms with E-state index >= 15 is 0 Å². The molecule has 7 heteroatoms. The fourth-order valence-electron chi connectivity index (χ4n) is 4.46. The molecule has 0 bridgehead atoms. The first-order valence-corrected chi connectivity index (χ1v) is 9.29. The normalized spacial score (nSPS) is 27.3. The van der Waals surface area contributed by atoms with Crippen LogP contribution in [0.5, 0.6) is 0 Å². The van der Waals surface area contributed by atoms with Crippen LogP contribution in [-0.2, 0) is 9.59 Å². The van der Waals surface area contributed by atoms with Crippen molar-refractivity contribution in [3.63, 3.8) is 0 Å². The van der Waals surface area contributed by atoms with Crippen molar-refractivity contribution in [2.75, 3.05) is 4.90 Å². The number of ketones is 1. The van der Waals surface area contributed by atoms with Crippen LogP contribution in [0.3, 0.4) is 0 Å². The van der Waals surface area contributed by atoms with E-state index in [-0.39, 0.29) is 5.78 Å². The third kappa shape index (κ3) is 2.54. The van der Waals surface area contributed by atoms with Gasteiger partial charge in [-0.25, -0.2) is 9.29 Å². The molecule has 144 valence electrons. The number of carbonyl (C=O) groups is 3. The summed E-state index contributed by atoms with van der Waals surface area (Å²) in [6.07, 6.45) is 5.06. The van der Waals surface area contributed by atoms with Crippen LogP contribution >= 0.6 is 0 Å². The van der Waals surface area contributed by atoms with E-state index in [9.17, 15) is 18.8 Å². The lowest BCUT2D eigenvalue weighted by molar-refractivity contribution is -0.123. The lowest BCUT2D eigenvalue weighted by Gasteiger charge is -2.30. The molecule has 29 heavy (non-hydrogen) atoms. The standard InChI is InChI=1S/C22H16FN3O3/c23-14-8-10-15(11-9-14)25-21(28)17-16-7-4-12-24-26(16)19(18(17)22(25)29)20(27)13-5-2-1-3-6-13/h1-12,16-19H/t16-,17+,18+,19-/m0/s1. The smallest absolute Gasteiger partial charge is 0.240 e. The van der Waals surface area contributed by atoms with Gasteiger partial charge in [0.05, 0.1) is 23.6 Å². The second-order valence-corrected chi connectivity index (χ2v) is 7.24. The summed E-state index contributed by atoms with van der Waals surface area (Å²) in [5.74, 6) is -3.15. The third-order valence-electron chi connectivity index (χ3n) is 5.70. The maximum Gasteiger partial charge on any atom is 0.240 e. The number of hydrogen-bond acceptors (Lipinski definition) is 5. The molecule has 4 atom stereocenters. The van der Waals surface area contributed by atoms with E-state index in [1.54, 1.807) is 53.7 Å². The molecule has 2 saturated heterocycles. The lowest BCUT2D eigenvalue weighted by Crippen LogP contribution is -2.46. The number of rotatable bonds is 3. The van der Waals surface area contributed by atoms with Crippen molar-refractivity contribution in [3.05, 3.63) is 78.1 Å². The van der Waals surface area contributed by atoms with Crippen molar-refractivity contribution in [3.8, 4) is 0 Å². The van der Waals surface area contributed by atoms with E-state index < -0.39 is 41.6 Å². The number of imide groups is 1. The number of benzene rings is 2. The minimum absolute atomic E-state index is 0.252. The van der Waals surface area contributed by atoms with Crippen LogP contribution in [0.25, 0.3) is 0 Å². The second-order valence-electron chi connectivity index (χ2n) is 7.24. The van der Waals surface area contributed by atoms with Gasteiger partial charge >= 0.3 is 0 Å². The van der Waals surface area contributed by atoms with Crippen LogP contribution in [0.2, 0.25) is 0 Å². The summed E-state index contributed by atoms with van der Waals surface area (Å²) in [7, 11) is 0. The highest BCUT2D eigenvalue weighted by Crippen LogP contribution is 2.46. The number of nitrogens with zero attached hydrogens (tertiary/aromatic N) is 3. The molecule has 0 aromatic heterocycles. The summed E-state index contributed by atoms with van der Waals surface area (Å²) in [6.45, 7) is 0. The zero-order chi connectivity index (χ0) is 20.1. The Balaban J connectivity index is 1.58. The molecule has 0 aliphatic carbocycles. The number of carbonyl (C=O) groups excluding carboxylic acids is 3. The van der Waals surface area contributed by atoms with E-state index in [0.29, 0.717) is 11.3 Å². The predicted molar refractivity (Wildman–Crippen MR) is 104 cm³/mol. The molecule has 3 aliphatic rings. The van der Waals surface area contributed by atoms with E-state index in [2.05, 4.69) is 5.10 Å². The zero-order valence-corrected chi connectivity index (χ0v) is 15.2. The first kappa shape index (κ1) is 17.5. The molecule has 2 fully saturated rings. The van der Waals surface area contributed by atoms with Crippen molar-refractivity contribution >= 4 is 29.5 Å². The Bertz CT molecular complexity index is 1060. The fraction of sp³-hybridized carbons (Fsp3) is 0.182. The van der Waals surface area contributed by atoms with Gasteiger partial charge in [0.1, 0.15) is 11.9 Å². The van der Waals surface area contributed by atoms with E-state index in [4.69, 9.17) is 0 Å². The van der Waals surface area contributed by atoms with Gasteiger partial charge in [0.15, 0.2) is 5.78 Å². The van der Waals surface area contributed by atoms with Gasteiger partial charge in [0.2, 0.25) is 11.8 Å². The molecule has 3 heterocycles. The molecule has 0 spiro atoms. The predicted octanol–water partition coefficient (Wildman–Crippen LogP) is 2.42. The fourth-order valence-corrected chi connectivity index (χ4v) is 4.46. The molecule has 0 unspecified atom stereocenters. The third-order valence-corrected chi connectivity index (χ3v) is 5.70. The minimum atomic E-state index is -0.879. The van der Waals surface area contributed by atoms with Crippen molar-refractivity contribution in [2.45, 2.75) is 12.1 Å². The number of Topliss-reactive ketones (excluding diaryl/α,β-unsaturated/α-hetero) is 1. The van der Waals surface area contributed by atoms with Crippen LogP contribution in [-0.4, -0.2) is 40.9 Å². The molecule has 0 N–H and O–H groups in total. The van der Waals surface area contributed by atoms with Crippen molar-refractivity contribution in [1.82, 2.24) is 5.01 Å². The van der Waals surface area contributed by atoms with E-state index in [0.717, 1.165) is 4.90 Å². The Labute approximate surface area is 165 Å². The van der Waals surface area contributed by atoms with Gasteiger partial charge in [-0.15, -0.1) is 0 Å². The molecule has 5 rings (SSSR count). The SMILES string of the molecule is O=C(c1ccccc1)[C@@H]1[C@@H]2C(=O)N(c3ccc(F)cc3)C(=O)[C@@H]2[C@@H]2C=CC=NN12. The molecular weight excluding hydrogens is 373 g/mol. The quantitative estimate of drug-likeness (QED) is 0.597. The Morgan fingerprint density at radius 1 is 0.931 bits per heavy atom. The Hall–Kier alpha value is -3.61. The molecule has 2 amide bonds. The molecule has 2 aromatic rings. The summed E-state index contributed by atoms with van der Waals surface area (Å²) in [5, 5.41) is 5.88. The number of allylic oxidation sites excluding steroid dienone is 1. The largest absolute Gasteiger partial charge is 0.292 e. The van der Waals surface area contributed by atoms with Gasteiger partial charge in [-0.3, -0.25) is 19.4 Å². The van der Waals surface area contributed by atoms with Gasteiger partial charge in [-0.05, 0) is 30.3 Å². The summed E-state index contributed by atoms with van der Waals surface area (Å²) in [5.41, 5.74) is 0.763. The number of halogens is 1. The maximum atomic E-state index is 13.3.